The molecule has 10 heteroatoms. The lowest BCUT2D eigenvalue weighted by Gasteiger charge is -2.23. The number of anilines is 1. The molecule has 164 valence electrons. The van der Waals surface area contributed by atoms with Crippen LogP contribution in [0.4, 0.5) is 18.9 Å². The summed E-state index contributed by atoms with van der Waals surface area (Å²) in [6.07, 6.45) is -4.56. The second kappa shape index (κ2) is 6.18. The highest BCUT2D eigenvalue weighted by atomic mass is 19.4. The number of amides is 1. The van der Waals surface area contributed by atoms with Crippen molar-refractivity contribution in [3.63, 3.8) is 0 Å². The number of fused-ring (bicyclic) bond motifs is 5. The fraction of sp³-hybridized carbons (Fsp3) is 0.273. The third-order valence-electron chi connectivity index (χ3n) is 5.90. The van der Waals surface area contributed by atoms with Crippen LogP contribution in [0.2, 0.25) is 0 Å². The lowest BCUT2D eigenvalue weighted by atomic mass is 9.90. The van der Waals surface area contributed by atoms with Crippen LogP contribution >= 0.6 is 0 Å². The molecule has 1 unspecified atom stereocenters. The molecule has 4 heterocycles. The minimum Gasteiger partial charge on any atom is -0.472 e. The van der Waals surface area contributed by atoms with Crippen LogP contribution in [0.1, 0.15) is 28.5 Å². The number of hydrogen-bond acceptors (Lipinski definition) is 6. The van der Waals surface area contributed by atoms with Crippen LogP contribution in [-0.2, 0) is 29.5 Å². The van der Waals surface area contributed by atoms with Gasteiger partial charge in [0.1, 0.15) is 11.4 Å². The zero-order chi connectivity index (χ0) is 22.3. The Kier molecular flexibility index (Phi) is 3.67. The Hall–Kier alpha value is -3.69. The molecule has 3 aliphatic rings. The number of para-hydroxylation sites is 1. The van der Waals surface area contributed by atoms with Crippen molar-refractivity contribution in [2.75, 3.05) is 11.7 Å². The predicted molar refractivity (Wildman–Crippen MR) is 102 cm³/mol. The van der Waals surface area contributed by atoms with Crippen LogP contribution in [0, 0.1) is 6.92 Å². The lowest BCUT2D eigenvalue weighted by molar-refractivity contribution is -0.154. The first-order chi connectivity index (χ1) is 15.3. The van der Waals surface area contributed by atoms with Gasteiger partial charge in [0.05, 0.1) is 12.2 Å². The van der Waals surface area contributed by atoms with E-state index in [0.717, 1.165) is 0 Å². The fourth-order valence-corrected chi connectivity index (χ4v) is 4.62. The summed E-state index contributed by atoms with van der Waals surface area (Å²) in [6.45, 7) is 1.00. The summed E-state index contributed by atoms with van der Waals surface area (Å²) in [6, 6.07) is 10.3. The van der Waals surface area contributed by atoms with Crippen molar-refractivity contribution in [1.82, 2.24) is 4.98 Å². The quantitative estimate of drug-likeness (QED) is 0.593. The summed E-state index contributed by atoms with van der Waals surface area (Å²) in [4.78, 5) is 18.9. The van der Waals surface area contributed by atoms with Crippen molar-refractivity contribution in [3.05, 3.63) is 64.9 Å². The number of oxazole rings is 1. The molecule has 0 saturated carbocycles. The van der Waals surface area contributed by atoms with E-state index in [2.05, 4.69) is 4.98 Å². The van der Waals surface area contributed by atoms with Gasteiger partial charge in [-0.05, 0) is 18.2 Å². The van der Waals surface area contributed by atoms with Gasteiger partial charge in [0, 0.05) is 24.5 Å². The van der Waals surface area contributed by atoms with Gasteiger partial charge in [0.15, 0.2) is 17.4 Å². The number of alkyl halides is 3. The number of benzene rings is 2. The van der Waals surface area contributed by atoms with E-state index >= 15 is 0 Å². The molecule has 6 rings (SSSR count). The molecule has 0 radical (unpaired) electrons. The van der Waals surface area contributed by atoms with Gasteiger partial charge >= 0.3 is 6.18 Å². The van der Waals surface area contributed by atoms with E-state index in [1.165, 1.54) is 11.8 Å². The van der Waals surface area contributed by atoms with Crippen LogP contribution in [0.5, 0.6) is 17.2 Å². The number of rotatable bonds is 2. The van der Waals surface area contributed by atoms with Crippen LogP contribution in [0.25, 0.3) is 0 Å². The maximum Gasteiger partial charge on any atom is 0.451 e. The zero-order valence-corrected chi connectivity index (χ0v) is 16.7. The highest BCUT2D eigenvalue weighted by Crippen LogP contribution is 2.55. The van der Waals surface area contributed by atoms with Gasteiger partial charge in [-0.3, -0.25) is 4.79 Å². The predicted octanol–water partition coefficient (Wildman–Crippen LogP) is 4.11. The molecule has 3 aromatic rings. The summed E-state index contributed by atoms with van der Waals surface area (Å²) in [7, 11) is 0. The molecule has 3 aliphatic heterocycles. The number of carbonyl (C=O) groups excluding carboxylic acids is 1. The van der Waals surface area contributed by atoms with Gasteiger partial charge in [-0.25, -0.2) is 4.98 Å². The van der Waals surface area contributed by atoms with Gasteiger partial charge in [-0.1, -0.05) is 18.2 Å². The normalized spacial score (nSPS) is 20.6. The van der Waals surface area contributed by atoms with E-state index in [-0.39, 0.29) is 24.8 Å². The van der Waals surface area contributed by atoms with E-state index < -0.39 is 30.0 Å². The van der Waals surface area contributed by atoms with Gasteiger partial charge in [-0.2, -0.15) is 13.2 Å². The first-order valence-corrected chi connectivity index (χ1v) is 9.83. The lowest BCUT2D eigenvalue weighted by Crippen LogP contribution is -2.43. The third-order valence-corrected chi connectivity index (χ3v) is 5.90. The second-order valence-corrected chi connectivity index (χ2v) is 7.80. The smallest absolute Gasteiger partial charge is 0.451 e. The van der Waals surface area contributed by atoms with Crippen LogP contribution in [0.15, 0.2) is 40.8 Å². The maximum atomic E-state index is 13.7. The number of ether oxygens (including phenoxy) is 3. The Labute approximate surface area is 179 Å². The van der Waals surface area contributed by atoms with Crippen molar-refractivity contribution in [1.29, 1.82) is 0 Å². The fourth-order valence-electron chi connectivity index (χ4n) is 4.62. The van der Waals surface area contributed by atoms with Crippen LogP contribution in [0.3, 0.4) is 0 Å². The summed E-state index contributed by atoms with van der Waals surface area (Å²) in [5.41, 5.74) is -0.0332. The van der Waals surface area contributed by atoms with Crippen molar-refractivity contribution >= 4 is 11.6 Å². The number of aromatic nitrogens is 1. The molecule has 1 aromatic heterocycles. The molecule has 1 atom stereocenters. The molecular weight excluding hydrogens is 429 g/mol. The van der Waals surface area contributed by atoms with Gasteiger partial charge in [0.2, 0.25) is 18.2 Å². The van der Waals surface area contributed by atoms with Crippen LogP contribution in [-0.4, -0.2) is 17.7 Å². The van der Waals surface area contributed by atoms with Crippen molar-refractivity contribution in [2.45, 2.75) is 31.7 Å². The first kappa shape index (κ1) is 19.0. The number of nitrogens with zero attached hydrogens (tertiary/aromatic N) is 2. The summed E-state index contributed by atoms with van der Waals surface area (Å²) in [5, 5.41) is 0. The Balaban J connectivity index is 1.43. The SMILES string of the molecule is Cc1nc(CN2C(=O)C3(Cc4c(ccc5c4OCO5)O3)c3ccccc32)c(C(F)(F)F)o1. The molecule has 32 heavy (non-hydrogen) atoms. The summed E-state index contributed by atoms with van der Waals surface area (Å²) >= 11 is 0. The van der Waals surface area contributed by atoms with E-state index in [0.29, 0.717) is 34.1 Å². The average Bonchev–Trinajstić information content (AvgIpc) is 3.49. The topological polar surface area (TPSA) is 74.0 Å². The average molecular weight is 444 g/mol. The Morgan fingerprint density at radius 1 is 1.12 bits per heavy atom. The van der Waals surface area contributed by atoms with E-state index in [9.17, 15) is 18.0 Å². The molecule has 0 fully saturated rings. The van der Waals surface area contributed by atoms with Gasteiger partial charge in [-0.15, -0.1) is 0 Å². The van der Waals surface area contributed by atoms with E-state index in [1.807, 2.05) is 0 Å². The zero-order valence-electron chi connectivity index (χ0n) is 16.7. The number of hydrogen-bond donors (Lipinski definition) is 0. The Morgan fingerprint density at radius 3 is 2.72 bits per heavy atom. The summed E-state index contributed by atoms with van der Waals surface area (Å²) in [5.74, 6) is -0.245. The number of aryl methyl sites for hydroxylation is 1. The molecule has 1 amide bonds. The van der Waals surface area contributed by atoms with Crippen molar-refractivity contribution in [3.8, 4) is 17.2 Å². The number of carbonyl (C=O) groups is 1. The maximum absolute atomic E-state index is 13.7. The molecule has 7 nitrogen and oxygen atoms in total. The van der Waals surface area contributed by atoms with E-state index in [4.69, 9.17) is 18.6 Å². The van der Waals surface area contributed by atoms with Crippen LogP contribution < -0.4 is 19.1 Å². The Bertz CT molecular complexity index is 1290. The minimum absolute atomic E-state index is 0.0706. The highest BCUT2D eigenvalue weighted by molar-refractivity contribution is 6.08. The van der Waals surface area contributed by atoms with Crippen molar-refractivity contribution in [2.24, 2.45) is 0 Å². The second-order valence-electron chi connectivity index (χ2n) is 7.80. The highest BCUT2D eigenvalue weighted by Gasteiger charge is 2.58. The van der Waals surface area contributed by atoms with Gasteiger partial charge < -0.3 is 23.5 Å². The largest absolute Gasteiger partial charge is 0.472 e. The molecule has 1 spiro atoms. The monoisotopic (exact) mass is 444 g/mol. The Morgan fingerprint density at radius 2 is 1.91 bits per heavy atom. The van der Waals surface area contributed by atoms with E-state index in [1.54, 1.807) is 36.4 Å². The molecule has 0 bridgehead atoms. The molecule has 2 aromatic carbocycles. The minimum atomic E-state index is -4.73. The summed E-state index contributed by atoms with van der Waals surface area (Å²) < 4.78 is 62.3. The first-order valence-electron chi connectivity index (χ1n) is 9.83. The van der Waals surface area contributed by atoms with Crippen molar-refractivity contribution < 1.29 is 36.6 Å². The standard InChI is InChI=1S/C22H15F3N2O5/c1-11-26-14(19(31-11)22(23,24)25)9-27-15-5-3-2-4-13(15)21(20(27)28)8-12-16(32-21)6-7-17-18(12)30-10-29-17/h2-7H,8-10H2,1H3. The molecule has 0 N–H and O–H groups in total. The molecular formula is C22H15F3N2O5. The van der Waals surface area contributed by atoms with Gasteiger partial charge in [0.25, 0.3) is 5.91 Å². The molecule has 0 saturated heterocycles. The number of halogens is 3. The molecule has 0 aliphatic carbocycles. The third kappa shape index (κ3) is 2.49.